The van der Waals surface area contributed by atoms with Gasteiger partial charge in [0.05, 0.1) is 12.7 Å². The summed E-state index contributed by atoms with van der Waals surface area (Å²) in [5.41, 5.74) is 0. The molecule has 88 valence electrons. The van der Waals surface area contributed by atoms with Crippen molar-refractivity contribution in [3.63, 3.8) is 0 Å². The minimum absolute atomic E-state index is 0.102. The summed E-state index contributed by atoms with van der Waals surface area (Å²) in [5, 5.41) is 3.40. The largest absolute Gasteiger partial charge is 0.466 e. The first-order valence-corrected chi connectivity index (χ1v) is 5.74. The predicted octanol–water partition coefficient (Wildman–Crippen LogP) is 1.10. The van der Waals surface area contributed by atoms with Gasteiger partial charge in [0, 0.05) is 19.1 Å². The molecule has 0 aliphatic carbocycles. The van der Waals surface area contributed by atoms with Crippen molar-refractivity contribution in [2.45, 2.75) is 45.3 Å². The molecule has 0 spiro atoms. The molecule has 0 aromatic carbocycles. The summed E-state index contributed by atoms with van der Waals surface area (Å²) < 4.78 is 10.3. The number of hydrogen-bond acceptors (Lipinski definition) is 4. The fraction of sp³-hybridized carbons (Fsp3) is 0.909. The summed E-state index contributed by atoms with van der Waals surface area (Å²) in [6.45, 7) is 6.08. The molecule has 1 fully saturated rings. The van der Waals surface area contributed by atoms with Crippen molar-refractivity contribution in [2.75, 3.05) is 19.8 Å². The quantitative estimate of drug-likeness (QED) is 0.532. The third-order valence-electron chi connectivity index (χ3n) is 2.65. The first-order chi connectivity index (χ1) is 7.24. The van der Waals surface area contributed by atoms with Crippen molar-refractivity contribution in [3.05, 3.63) is 0 Å². The van der Waals surface area contributed by atoms with Gasteiger partial charge in [-0.05, 0) is 33.2 Å². The van der Waals surface area contributed by atoms with Crippen LogP contribution in [0.15, 0.2) is 0 Å². The van der Waals surface area contributed by atoms with Crippen molar-refractivity contribution in [1.82, 2.24) is 5.32 Å². The maximum Gasteiger partial charge on any atom is 0.305 e. The molecule has 1 heterocycles. The van der Waals surface area contributed by atoms with Crippen LogP contribution >= 0.6 is 0 Å². The van der Waals surface area contributed by atoms with Crippen molar-refractivity contribution in [1.29, 1.82) is 0 Å². The first kappa shape index (κ1) is 12.5. The third kappa shape index (κ3) is 4.62. The Balaban J connectivity index is 1.99. The van der Waals surface area contributed by atoms with Crippen molar-refractivity contribution in [3.8, 4) is 0 Å². The number of esters is 1. The Bertz CT molecular complexity index is 196. The minimum atomic E-state index is -0.102. The van der Waals surface area contributed by atoms with Crippen LogP contribution in [0.4, 0.5) is 0 Å². The molecule has 15 heavy (non-hydrogen) atoms. The molecule has 1 N–H and O–H groups in total. The second-order valence-electron chi connectivity index (χ2n) is 3.83. The van der Waals surface area contributed by atoms with E-state index >= 15 is 0 Å². The van der Waals surface area contributed by atoms with Crippen LogP contribution < -0.4 is 5.32 Å². The Morgan fingerprint density at radius 2 is 2.40 bits per heavy atom. The monoisotopic (exact) mass is 215 g/mol. The lowest BCUT2D eigenvalue weighted by molar-refractivity contribution is -0.143. The molecule has 0 saturated carbocycles. The topological polar surface area (TPSA) is 47.6 Å². The molecule has 4 heteroatoms. The maximum atomic E-state index is 11.0. The number of rotatable bonds is 6. The van der Waals surface area contributed by atoms with Gasteiger partial charge >= 0.3 is 5.97 Å². The van der Waals surface area contributed by atoms with E-state index in [-0.39, 0.29) is 5.97 Å². The number of ether oxygens (including phenoxy) is 2. The highest BCUT2D eigenvalue weighted by atomic mass is 16.5. The van der Waals surface area contributed by atoms with Crippen LogP contribution in [0.5, 0.6) is 0 Å². The van der Waals surface area contributed by atoms with Gasteiger partial charge < -0.3 is 14.8 Å². The number of carbonyl (C=O) groups excluding carboxylic acids is 1. The molecular formula is C11H21NO3. The van der Waals surface area contributed by atoms with Crippen LogP contribution in [0.2, 0.25) is 0 Å². The standard InChI is InChI=1S/C11H21NO3/c1-3-14-11(13)5-4-7-12-10-6-8-15-9(10)2/h9-10,12H,3-8H2,1-2H3. The Hall–Kier alpha value is -0.610. The molecule has 0 amide bonds. The van der Waals surface area contributed by atoms with Crippen LogP contribution in [-0.2, 0) is 14.3 Å². The molecule has 1 aliphatic heterocycles. The van der Waals surface area contributed by atoms with Crippen LogP contribution in [0.3, 0.4) is 0 Å². The van der Waals surface area contributed by atoms with Gasteiger partial charge in [-0.1, -0.05) is 0 Å². The molecule has 4 nitrogen and oxygen atoms in total. The molecule has 2 atom stereocenters. The second kappa shape index (κ2) is 6.80. The Morgan fingerprint density at radius 3 is 3.00 bits per heavy atom. The summed E-state index contributed by atoms with van der Waals surface area (Å²) in [6, 6.07) is 0.451. The van der Waals surface area contributed by atoms with Gasteiger partial charge in [-0.15, -0.1) is 0 Å². The van der Waals surface area contributed by atoms with E-state index in [0.29, 0.717) is 25.2 Å². The number of nitrogens with one attached hydrogen (secondary N) is 1. The average molecular weight is 215 g/mol. The zero-order valence-corrected chi connectivity index (χ0v) is 9.62. The fourth-order valence-corrected chi connectivity index (χ4v) is 1.75. The summed E-state index contributed by atoms with van der Waals surface area (Å²) in [4.78, 5) is 11.0. The second-order valence-corrected chi connectivity index (χ2v) is 3.83. The van der Waals surface area contributed by atoms with Gasteiger partial charge in [0.15, 0.2) is 0 Å². The maximum absolute atomic E-state index is 11.0. The minimum Gasteiger partial charge on any atom is -0.466 e. The zero-order valence-electron chi connectivity index (χ0n) is 9.62. The van der Waals surface area contributed by atoms with E-state index in [9.17, 15) is 4.79 Å². The molecule has 0 radical (unpaired) electrons. The summed E-state index contributed by atoms with van der Waals surface area (Å²) in [5.74, 6) is -0.102. The number of carbonyl (C=O) groups is 1. The van der Waals surface area contributed by atoms with E-state index in [1.54, 1.807) is 0 Å². The van der Waals surface area contributed by atoms with Crippen LogP contribution in [0.25, 0.3) is 0 Å². The molecule has 2 unspecified atom stereocenters. The summed E-state index contributed by atoms with van der Waals surface area (Å²) >= 11 is 0. The SMILES string of the molecule is CCOC(=O)CCCNC1CCOC1C. The van der Waals surface area contributed by atoms with Crippen molar-refractivity contribution >= 4 is 5.97 Å². The van der Waals surface area contributed by atoms with E-state index in [1.165, 1.54) is 0 Å². The molecule has 0 aromatic heterocycles. The van der Waals surface area contributed by atoms with Gasteiger partial charge in [-0.2, -0.15) is 0 Å². The first-order valence-electron chi connectivity index (χ1n) is 5.74. The smallest absolute Gasteiger partial charge is 0.305 e. The van der Waals surface area contributed by atoms with Gasteiger partial charge in [0.25, 0.3) is 0 Å². The Labute approximate surface area is 91.3 Å². The van der Waals surface area contributed by atoms with Gasteiger partial charge in [0.2, 0.25) is 0 Å². The lowest BCUT2D eigenvalue weighted by Crippen LogP contribution is -2.35. The highest BCUT2D eigenvalue weighted by molar-refractivity contribution is 5.69. The molecule has 1 aliphatic rings. The zero-order chi connectivity index (χ0) is 11.1. The van der Waals surface area contributed by atoms with E-state index in [2.05, 4.69) is 12.2 Å². The predicted molar refractivity (Wildman–Crippen MR) is 57.7 cm³/mol. The normalized spacial score (nSPS) is 25.5. The molecule has 0 aromatic rings. The van der Waals surface area contributed by atoms with Crippen LogP contribution in [0, 0.1) is 0 Å². The van der Waals surface area contributed by atoms with Crippen LogP contribution in [0.1, 0.15) is 33.1 Å². The molecular weight excluding hydrogens is 194 g/mol. The van der Waals surface area contributed by atoms with Gasteiger partial charge in [0.1, 0.15) is 0 Å². The van der Waals surface area contributed by atoms with Gasteiger partial charge in [-0.25, -0.2) is 0 Å². The van der Waals surface area contributed by atoms with E-state index < -0.39 is 0 Å². The lowest BCUT2D eigenvalue weighted by atomic mass is 10.1. The highest BCUT2D eigenvalue weighted by Crippen LogP contribution is 2.12. The molecule has 0 bridgehead atoms. The summed E-state index contributed by atoms with van der Waals surface area (Å²) in [6.07, 6.45) is 2.71. The fourth-order valence-electron chi connectivity index (χ4n) is 1.75. The van der Waals surface area contributed by atoms with E-state index in [0.717, 1.165) is 26.0 Å². The third-order valence-corrected chi connectivity index (χ3v) is 2.65. The van der Waals surface area contributed by atoms with Crippen LogP contribution in [-0.4, -0.2) is 37.9 Å². The van der Waals surface area contributed by atoms with E-state index in [4.69, 9.17) is 9.47 Å². The van der Waals surface area contributed by atoms with Crippen molar-refractivity contribution < 1.29 is 14.3 Å². The number of hydrogen-bond donors (Lipinski definition) is 1. The Morgan fingerprint density at radius 1 is 1.60 bits per heavy atom. The van der Waals surface area contributed by atoms with Crippen molar-refractivity contribution in [2.24, 2.45) is 0 Å². The summed E-state index contributed by atoms with van der Waals surface area (Å²) in [7, 11) is 0. The lowest BCUT2D eigenvalue weighted by Gasteiger charge is -2.15. The molecule has 1 saturated heterocycles. The average Bonchev–Trinajstić information content (AvgIpc) is 2.60. The Kier molecular flexibility index (Phi) is 5.65. The van der Waals surface area contributed by atoms with Gasteiger partial charge in [-0.3, -0.25) is 4.79 Å². The van der Waals surface area contributed by atoms with E-state index in [1.807, 2.05) is 6.92 Å². The highest BCUT2D eigenvalue weighted by Gasteiger charge is 2.22. The molecule has 1 rings (SSSR count).